The summed E-state index contributed by atoms with van der Waals surface area (Å²) in [6.45, 7) is -0.0130. The number of nitrogens with one attached hydrogen (secondary N) is 2. The topological polar surface area (TPSA) is 78.1 Å². The largest absolute Gasteiger partial charge is 0.323 e. The van der Waals surface area contributed by atoms with E-state index in [1.54, 1.807) is 12.3 Å². The number of H-pyrrole nitrogens is 1. The van der Waals surface area contributed by atoms with Crippen molar-refractivity contribution in [3.8, 4) is 0 Å². The highest BCUT2D eigenvalue weighted by Gasteiger charge is 2.26. The molecule has 2 heterocycles. The number of thioether (sulfide) groups is 1. The number of nitrogens with zero attached hydrogens (tertiary/aromatic N) is 2. The van der Waals surface area contributed by atoms with E-state index >= 15 is 0 Å². The molecule has 120 valence electrons. The van der Waals surface area contributed by atoms with Gasteiger partial charge in [0.25, 0.3) is 0 Å². The van der Waals surface area contributed by atoms with Gasteiger partial charge in [-0.2, -0.15) is 5.10 Å². The predicted octanol–water partition coefficient (Wildman–Crippen LogP) is 2.64. The summed E-state index contributed by atoms with van der Waals surface area (Å²) in [5.41, 5.74) is 2.21. The lowest BCUT2D eigenvalue weighted by molar-refractivity contribution is -0.120. The van der Waals surface area contributed by atoms with Gasteiger partial charge in [0.05, 0.1) is 28.8 Å². The fraction of sp³-hybridized carbons (Fsp3) is 0.118. The van der Waals surface area contributed by atoms with Gasteiger partial charge in [-0.1, -0.05) is 24.3 Å². The summed E-state index contributed by atoms with van der Waals surface area (Å²) in [5, 5.41) is 10.6. The first-order valence-corrected chi connectivity index (χ1v) is 8.45. The molecule has 4 rings (SSSR count). The molecule has 1 aromatic heterocycles. The van der Waals surface area contributed by atoms with Gasteiger partial charge in [-0.15, -0.1) is 11.8 Å². The van der Waals surface area contributed by atoms with Crippen LogP contribution in [0.5, 0.6) is 0 Å². The third kappa shape index (κ3) is 2.63. The highest BCUT2D eigenvalue weighted by Crippen LogP contribution is 2.34. The summed E-state index contributed by atoms with van der Waals surface area (Å²) in [5.74, 6) is 0.0428. The summed E-state index contributed by atoms with van der Waals surface area (Å²) in [6.07, 6.45) is 1.70. The van der Waals surface area contributed by atoms with Crippen LogP contribution in [0.25, 0.3) is 10.9 Å². The SMILES string of the molecule is O=C(CN1C(=O)CSc2ccccc21)Nc1cccc2cn[nH]c12. The Morgan fingerprint density at radius 1 is 1.25 bits per heavy atom. The number of aromatic nitrogens is 2. The second-order valence-electron chi connectivity index (χ2n) is 5.42. The Labute approximate surface area is 142 Å². The van der Waals surface area contributed by atoms with Crippen LogP contribution in [0, 0.1) is 0 Å². The lowest BCUT2D eigenvalue weighted by atomic mass is 10.2. The number of benzene rings is 2. The minimum atomic E-state index is -0.243. The molecular weight excluding hydrogens is 324 g/mol. The van der Waals surface area contributed by atoms with Crippen molar-refractivity contribution in [1.82, 2.24) is 10.2 Å². The summed E-state index contributed by atoms with van der Waals surface area (Å²) in [6, 6.07) is 13.2. The van der Waals surface area contributed by atoms with Crippen molar-refractivity contribution in [2.24, 2.45) is 0 Å². The number of anilines is 2. The molecule has 0 unspecified atom stereocenters. The van der Waals surface area contributed by atoms with Crippen LogP contribution in [0.3, 0.4) is 0 Å². The van der Waals surface area contributed by atoms with E-state index in [0.29, 0.717) is 11.4 Å². The van der Waals surface area contributed by atoms with E-state index < -0.39 is 0 Å². The zero-order chi connectivity index (χ0) is 16.5. The zero-order valence-corrected chi connectivity index (χ0v) is 13.5. The Balaban J connectivity index is 1.56. The molecule has 0 radical (unpaired) electrons. The van der Waals surface area contributed by atoms with Crippen LogP contribution in [-0.2, 0) is 9.59 Å². The van der Waals surface area contributed by atoms with E-state index in [1.165, 1.54) is 16.7 Å². The third-order valence-electron chi connectivity index (χ3n) is 3.86. The predicted molar refractivity (Wildman–Crippen MR) is 94.2 cm³/mol. The highest BCUT2D eigenvalue weighted by atomic mass is 32.2. The number of rotatable bonds is 3. The van der Waals surface area contributed by atoms with Crippen molar-refractivity contribution in [1.29, 1.82) is 0 Å². The van der Waals surface area contributed by atoms with Crippen LogP contribution >= 0.6 is 11.8 Å². The molecule has 2 amide bonds. The number of aromatic amines is 1. The van der Waals surface area contributed by atoms with Gasteiger partial charge >= 0.3 is 0 Å². The quantitative estimate of drug-likeness (QED) is 0.769. The van der Waals surface area contributed by atoms with Crippen LogP contribution in [0.2, 0.25) is 0 Å². The summed E-state index contributed by atoms with van der Waals surface area (Å²) in [4.78, 5) is 27.2. The van der Waals surface area contributed by atoms with Gasteiger partial charge in [0.15, 0.2) is 0 Å². The van der Waals surface area contributed by atoms with Crippen LogP contribution in [0.4, 0.5) is 11.4 Å². The molecule has 0 bridgehead atoms. The Kier molecular flexibility index (Phi) is 3.70. The first kappa shape index (κ1) is 14.8. The molecule has 0 fully saturated rings. The zero-order valence-electron chi connectivity index (χ0n) is 12.7. The maximum atomic E-state index is 12.5. The molecule has 0 atom stereocenters. The molecule has 1 aliphatic heterocycles. The van der Waals surface area contributed by atoms with Gasteiger partial charge in [-0.3, -0.25) is 14.7 Å². The fourth-order valence-electron chi connectivity index (χ4n) is 2.73. The van der Waals surface area contributed by atoms with Gasteiger partial charge in [0.1, 0.15) is 6.54 Å². The fourth-order valence-corrected chi connectivity index (χ4v) is 3.67. The Morgan fingerprint density at radius 2 is 2.12 bits per heavy atom. The molecule has 0 aliphatic carbocycles. The molecule has 3 aromatic rings. The Bertz CT molecular complexity index is 937. The number of carbonyl (C=O) groups is 2. The van der Waals surface area contributed by atoms with E-state index in [-0.39, 0.29) is 18.4 Å². The molecule has 24 heavy (non-hydrogen) atoms. The number of para-hydroxylation sites is 2. The Hall–Kier alpha value is -2.80. The minimum absolute atomic E-state index is 0.0130. The van der Waals surface area contributed by atoms with Gasteiger partial charge < -0.3 is 10.2 Å². The number of hydrogen-bond donors (Lipinski definition) is 2. The summed E-state index contributed by atoms with van der Waals surface area (Å²) >= 11 is 1.50. The molecule has 2 N–H and O–H groups in total. The van der Waals surface area contributed by atoms with Crippen molar-refractivity contribution in [3.63, 3.8) is 0 Å². The van der Waals surface area contributed by atoms with E-state index in [2.05, 4.69) is 15.5 Å². The monoisotopic (exact) mass is 338 g/mol. The van der Waals surface area contributed by atoms with Crippen LogP contribution in [0.1, 0.15) is 0 Å². The maximum absolute atomic E-state index is 12.5. The van der Waals surface area contributed by atoms with Crippen molar-refractivity contribution < 1.29 is 9.59 Å². The first-order chi connectivity index (χ1) is 11.7. The maximum Gasteiger partial charge on any atom is 0.244 e. The molecule has 0 spiro atoms. The van der Waals surface area contributed by atoms with Gasteiger partial charge in [-0.25, -0.2) is 0 Å². The lowest BCUT2D eigenvalue weighted by Gasteiger charge is -2.28. The lowest BCUT2D eigenvalue weighted by Crippen LogP contribution is -2.41. The van der Waals surface area contributed by atoms with Gasteiger partial charge in [-0.05, 0) is 18.2 Å². The Morgan fingerprint density at radius 3 is 3.04 bits per heavy atom. The van der Waals surface area contributed by atoms with Crippen molar-refractivity contribution >= 4 is 45.9 Å². The highest BCUT2D eigenvalue weighted by molar-refractivity contribution is 8.00. The van der Waals surface area contributed by atoms with Gasteiger partial charge in [0.2, 0.25) is 11.8 Å². The molecule has 1 aliphatic rings. The van der Waals surface area contributed by atoms with Crippen molar-refractivity contribution in [2.75, 3.05) is 22.5 Å². The van der Waals surface area contributed by atoms with E-state index in [4.69, 9.17) is 0 Å². The van der Waals surface area contributed by atoms with Gasteiger partial charge in [0, 0.05) is 10.3 Å². The van der Waals surface area contributed by atoms with Crippen molar-refractivity contribution in [3.05, 3.63) is 48.7 Å². The normalized spacial score (nSPS) is 13.8. The summed E-state index contributed by atoms with van der Waals surface area (Å²) in [7, 11) is 0. The molecular formula is C17H14N4O2S. The van der Waals surface area contributed by atoms with Crippen LogP contribution in [0.15, 0.2) is 53.6 Å². The number of amides is 2. The average Bonchev–Trinajstić information content (AvgIpc) is 3.07. The number of hydrogen-bond acceptors (Lipinski definition) is 4. The van der Waals surface area contributed by atoms with Crippen LogP contribution in [-0.4, -0.2) is 34.3 Å². The second kappa shape index (κ2) is 6.01. The van der Waals surface area contributed by atoms with Crippen LogP contribution < -0.4 is 10.2 Å². The molecule has 6 nitrogen and oxygen atoms in total. The van der Waals surface area contributed by atoms with E-state index in [0.717, 1.165) is 21.5 Å². The first-order valence-electron chi connectivity index (χ1n) is 7.46. The number of fused-ring (bicyclic) bond motifs is 2. The standard InChI is InChI=1S/C17H14N4O2S/c22-15(19-12-5-3-4-11-8-18-20-17(11)12)9-21-13-6-1-2-7-14(13)24-10-16(21)23/h1-8H,9-10H2,(H,18,20)(H,19,22). The number of carbonyl (C=O) groups excluding carboxylic acids is 2. The average molecular weight is 338 g/mol. The van der Waals surface area contributed by atoms with Crippen molar-refractivity contribution in [2.45, 2.75) is 4.90 Å². The third-order valence-corrected chi connectivity index (χ3v) is 4.91. The smallest absolute Gasteiger partial charge is 0.244 e. The van der Waals surface area contributed by atoms with E-state index in [9.17, 15) is 9.59 Å². The molecule has 7 heteroatoms. The molecule has 2 aromatic carbocycles. The minimum Gasteiger partial charge on any atom is -0.323 e. The van der Waals surface area contributed by atoms with E-state index in [1.807, 2.05) is 36.4 Å². The molecule has 0 saturated heterocycles. The summed E-state index contributed by atoms with van der Waals surface area (Å²) < 4.78 is 0. The molecule has 0 saturated carbocycles. The second-order valence-corrected chi connectivity index (χ2v) is 6.44.